The molecule has 2 aromatic rings. The van der Waals surface area contributed by atoms with Crippen molar-refractivity contribution in [3.05, 3.63) is 89.6 Å². The number of ether oxygens (including phenoxy) is 1. The van der Waals surface area contributed by atoms with Crippen LogP contribution in [0, 0.1) is 0 Å². The molecule has 0 spiro atoms. The van der Waals surface area contributed by atoms with E-state index >= 15 is 0 Å². The molecule has 0 aliphatic carbocycles. The van der Waals surface area contributed by atoms with E-state index in [1.807, 2.05) is 32.1 Å². The van der Waals surface area contributed by atoms with Crippen LogP contribution < -0.4 is 0 Å². The maximum Gasteiger partial charge on any atom is 0.330 e. The zero-order chi connectivity index (χ0) is 18.1. The molecule has 0 saturated carbocycles. The second kappa shape index (κ2) is 9.43. The first-order valence-corrected chi connectivity index (χ1v) is 8.45. The maximum atomic E-state index is 11.3. The van der Waals surface area contributed by atoms with Crippen LogP contribution in [0.4, 0.5) is 0 Å². The molecule has 0 fully saturated rings. The molecular weight excluding hydrogens is 308 g/mol. The average Bonchev–Trinajstić information content (AvgIpc) is 2.60. The number of rotatable bonds is 6. The highest BCUT2D eigenvalue weighted by Crippen LogP contribution is 2.17. The molecule has 0 aliphatic heterocycles. The lowest BCUT2D eigenvalue weighted by Gasteiger charge is -1.99. The van der Waals surface area contributed by atoms with Crippen LogP contribution in [-0.2, 0) is 9.53 Å². The quantitative estimate of drug-likeness (QED) is 0.376. The molecule has 25 heavy (non-hydrogen) atoms. The molecule has 128 valence electrons. The van der Waals surface area contributed by atoms with Gasteiger partial charge in [0.1, 0.15) is 0 Å². The number of hydrogen-bond acceptors (Lipinski definition) is 2. The Bertz CT molecular complexity index is 851. The van der Waals surface area contributed by atoms with Crippen LogP contribution in [0.25, 0.3) is 16.8 Å². The molecule has 0 aromatic heterocycles. The van der Waals surface area contributed by atoms with Gasteiger partial charge < -0.3 is 4.74 Å². The number of esters is 1. The van der Waals surface area contributed by atoms with Crippen molar-refractivity contribution < 1.29 is 9.53 Å². The number of benzene rings is 2. The van der Waals surface area contributed by atoms with Gasteiger partial charge in [-0.25, -0.2) is 4.79 Å². The van der Waals surface area contributed by atoms with Crippen LogP contribution in [0.15, 0.2) is 84.0 Å². The molecule has 0 amide bonds. The molecule has 2 aromatic carbocycles. The van der Waals surface area contributed by atoms with Gasteiger partial charge in [0.05, 0.1) is 6.61 Å². The van der Waals surface area contributed by atoms with Crippen molar-refractivity contribution in [2.24, 2.45) is 0 Å². The Morgan fingerprint density at radius 1 is 1.00 bits per heavy atom. The van der Waals surface area contributed by atoms with E-state index in [2.05, 4.69) is 54.6 Å². The van der Waals surface area contributed by atoms with Gasteiger partial charge in [-0.2, -0.15) is 0 Å². The molecule has 2 rings (SSSR count). The summed E-state index contributed by atoms with van der Waals surface area (Å²) in [6, 6.07) is 14.8. The van der Waals surface area contributed by atoms with Crippen LogP contribution in [0.1, 0.15) is 26.3 Å². The van der Waals surface area contributed by atoms with Crippen molar-refractivity contribution in [3.8, 4) is 0 Å². The van der Waals surface area contributed by atoms with Crippen LogP contribution in [0.5, 0.6) is 0 Å². The van der Waals surface area contributed by atoms with Gasteiger partial charge in [0, 0.05) is 6.08 Å². The second-order valence-corrected chi connectivity index (χ2v) is 5.85. The zero-order valence-electron chi connectivity index (χ0n) is 15.0. The highest BCUT2D eigenvalue weighted by atomic mass is 16.5. The minimum atomic E-state index is -0.304. The minimum Gasteiger partial charge on any atom is -0.463 e. The lowest BCUT2D eigenvalue weighted by molar-refractivity contribution is -0.137. The molecule has 0 bridgehead atoms. The van der Waals surface area contributed by atoms with E-state index in [0.717, 1.165) is 11.1 Å². The smallest absolute Gasteiger partial charge is 0.330 e. The molecule has 0 atom stereocenters. The average molecular weight is 332 g/mol. The minimum absolute atomic E-state index is 0.304. The van der Waals surface area contributed by atoms with Crippen LogP contribution >= 0.6 is 0 Å². The van der Waals surface area contributed by atoms with Crippen molar-refractivity contribution in [3.63, 3.8) is 0 Å². The number of fused-ring (bicyclic) bond motifs is 1. The molecule has 0 unspecified atom stereocenters. The van der Waals surface area contributed by atoms with Crippen molar-refractivity contribution in [2.45, 2.75) is 20.8 Å². The largest absolute Gasteiger partial charge is 0.463 e. The standard InChI is InChI=1S/C23H24O2/c1-4-25-23(24)16-19(3)9-7-8-18(2)12-13-20-14-15-21-10-5-6-11-22(21)17-20/h5-17H,4H2,1-3H3/b9-7+,13-12+,18-8+,19-16+. The normalized spacial score (nSPS) is 13.1. The highest BCUT2D eigenvalue weighted by Gasteiger charge is 1.95. The van der Waals surface area contributed by atoms with Gasteiger partial charge in [-0.3, -0.25) is 0 Å². The summed E-state index contributed by atoms with van der Waals surface area (Å²) in [5.41, 5.74) is 3.17. The number of hydrogen-bond donors (Lipinski definition) is 0. The Hall–Kier alpha value is -2.87. The summed E-state index contributed by atoms with van der Waals surface area (Å²) in [6.45, 7) is 6.11. The molecule has 0 N–H and O–H groups in total. The van der Waals surface area contributed by atoms with E-state index in [1.165, 1.54) is 22.4 Å². The SMILES string of the molecule is CCOC(=O)/C=C(C)/C=C/C=C(C)/C=C/c1ccc2ccccc2c1. The van der Waals surface area contributed by atoms with Crippen molar-refractivity contribution >= 4 is 22.8 Å². The first kappa shape index (κ1) is 18.5. The number of allylic oxidation sites excluding steroid dienone is 6. The molecule has 0 heterocycles. The summed E-state index contributed by atoms with van der Waals surface area (Å²) in [7, 11) is 0. The van der Waals surface area contributed by atoms with Gasteiger partial charge >= 0.3 is 5.97 Å². The number of carbonyl (C=O) groups is 1. The van der Waals surface area contributed by atoms with Crippen molar-refractivity contribution in [1.29, 1.82) is 0 Å². The lowest BCUT2D eigenvalue weighted by Crippen LogP contribution is -1.99. The van der Waals surface area contributed by atoms with E-state index in [4.69, 9.17) is 4.74 Å². The first-order valence-electron chi connectivity index (χ1n) is 8.45. The summed E-state index contributed by atoms with van der Waals surface area (Å²) in [6.07, 6.45) is 11.5. The van der Waals surface area contributed by atoms with Crippen LogP contribution in [0.3, 0.4) is 0 Å². The molecular formula is C23H24O2. The summed E-state index contributed by atoms with van der Waals surface area (Å²) >= 11 is 0. The van der Waals surface area contributed by atoms with Crippen molar-refractivity contribution in [1.82, 2.24) is 0 Å². The summed E-state index contributed by atoms with van der Waals surface area (Å²) in [5.74, 6) is -0.304. The summed E-state index contributed by atoms with van der Waals surface area (Å²) in [4.78, 5) is 11.3. The predicted molar refractivity (Wildman–Crippen MR) is 106 cm³/mol. The summed E-state index contributed by atoms with van der Waals surface area (Å²) in [5, 5.41) is 2.49. The van der Waals surface area contributed by atoms with E-state index < -0.39 is 0 Å². The topological polar surface area (TPSA) is 26.3 Å². The second-order valence-electron chi connectivity index (χ2n) is 5.85. The van der Waals surface area contributed by atoms with E-state index in [1.54, 1.807) is 6.92 Å². The monoisotopic (exact) mass is 332 g/mol. The Morgan fingerprint density at radius 3 is 2.52 bits per heavy atom. The van der Waals surface area contributed by atoms with Crippen molar-refractivity contribution in [2.75, 3.05) is 6.61 Å². The summed E-state index contributed by atoms with van der Waals surface area (Å²) < 4.78 is 4.88. The van der Waals surface area contributed by atoms with Gasteiger partial charge in [0.15, 0.2) is 0 Å². The molecule has 2 heteroatoms. The Morgan fingerprint density at radius 2 is 1.76 bits per heavy atom. The van der Waals surface area contributed by atoms with E-state index in [-0.39, 0.29) is 5.97 Å². The van der Waals surface area contributed by atoms with Gasteiger partial charge in [-0.15, -0.1) is 0 Å². The third kappa shape index (κ3) is 6.27. The fourth-order valence-corrected chi connectivity index (χ4v) is 2.36. The molecule has 0 aliphatic rings. The van der Waals surface area contributed by atoms with Gasteiger partial charge in [0.25, 0.3) is 0 Å². The molecule has 0 saturated heterocycles. The molecule has 0 radical (unpaired) electrons. The van der Waals surface area contributed by atoms with Crippen LogP contribution in [-0.4, -0.2) is 12.6 Å². The van der Waals surface area contributed by atoms with Gasteiger partial charge in [-0.05, 0) is 48.7 Å². The third-order valence-corrected chi connectivity index (χ3v) is 3.66. The third-order valence-electron chi connectivity index (χ3n) is 3.66. The fraction of sp³-hybridized carbons (Fsp3) is 0.174. The van der Waals surface area contributed by atoms with Crippen LogP contribution in [0.2, 0.25) is 0 Å². The van der Waals surface area contributed by atoms with E-state index in [9.17, 15) is 4.79 Å². The Labute approximate surface area is 149 Å². The van der Waals surface area contributed by atoms with E-state index in [0.29, 0.717) is 6.61 Å². The first-order chi connectivity index (χ1) is 12.1. The molecule has 2 nitrogen and oxygen atoms in total. The number of carbonyl (C=O) groups excluding carboxylic acids is 1. The highest BCUT2D eigenvalue weighted by molar-refractivity contribution is 5.85. The zero-order valence-corrected chi connectivity index (χ0v) is 15.0. The lowest BCUT2D eigenvalue weighted by atomic mass is 10.1. The Kier molecular flexibility index (Phi) is 6.97. The van der Waals surface area contributed by atoms with Gasteiger partial charge in [0.2, 0.25) is 0 Å². The fourth-order valence-electron chi connectivity index (χ4n) is 2.36. The predicted octanol–water partition coefficient (Wildman–Crippen LogP) is 5.86. The Balaban J connectivity index is 2.00. The maximum absolute atomic E-state index is 11.3. The van der Waals surface area contributed by atoms with Gasteiger partial charge in [-0.1, -0.05) is 72.4 Å².